The lowest BCUT2D eigenvalue weighted by Gasteiger charge is -2.28. The number of methoxy groups -OCH3 is 1. The van der Waals surface area contributed by atoms with Gasteiger partial charge in [-0.3, -0.25) is 0 Å². The Morgan fingerprint density at radius 1 is 1.47 bits per heavy atom. The van der Waals surface area contributed by atoms with Crippen molar-refractivity contribution in [3.8, 4) is 6.07 Å². The number of nitrogens with one attached hydrogen (secondary N) is 1. The Balaban J connectivity index is 2.13. The van der Waals surface area contributed by atoms with E-state index in [0.717, 1.165) is 30.9 Å². The Bertz CT molecular complexity index is 435. The molecule has 1 unspecified atom stereocenters. The Morgan fingerprint density at radius 2 is 2.32 bits per heavy atom. The molecule has 0 radical (unpaired) electrons. The van der Waals surface area contributed by atoms with E-state index in [2.05, 4.69) is 16.3 Å². The number of benzene rings is 1. The molecular weight excluding hydrogens is 238 g/mol. The zero-order chi connectivity index (χ0) is 13.5. The van der Waals surface area contributed by atoms with Gasteiger partial charge in [0.1, 0.15) is 6.07 Å². The van der Waals surface area contributed by atoms with Crippen LogP contribution in [0.5, 0.6) is 0 Å². The van der Waals surface area contributed by atoms with Gasteiger partial charge in [-0.2, -0.15) is 5.26 Å². The first-order chi connectivity index (χ1) is 9.35. The molecule has 1 N–H and O–H groups in total. The first kappa shape index (κ1) is 13.9. The van der Waals surface area contributed by atoms with E-state index in [0.29, 0.717) is 12.6 Å². The van der Waals surface area contributed by atoms with Gasteiger partial charge in [0.25, 0.3) is 0 Å². The molecule has 1 aromatic carbocycles. The van der Waals surface area contributed by atoms with Crippen LogP contribution in [0.1, 0.15) is 18.4 Å². The minimum absolute atomic E-state index is 0.517. The Hall–Kier alpha value is -1.57. The van der Waals surface area contributed by atoms with E-state index in [-0.39, 0.29) is 0 Å². The highest BCUT2D eigenvalue weighted by Gasteiger charge is 2.19. The number of ether oxygens (including phenoxy) is 1. The lowest BCUT2D eigenvalue weighted by atomic mass is 10.1. The quantitative estimate of drug-likeness (QED) is 0.845. The van der Waals surface area contributed by atoms with Gasteiger partial charge < -0.3 is 15.0 Å². The van der Waals surface area contributed by atoms with Crippen LogP contribution in [0.3, 0.4) is 0 Å². The van der Waals surface area contributed by atoms with E-state index in [4.69, 9.17) is 4.74 Å². The molecule has 1 heterocycles. The molecule has 0 aromatic heterocycles. The van der Waals surface area contributed by atoms with Crippen LogP contribution in [-0.4, -0.2) is 39.4 Å². The molecule has 4 nitrogen and oxygen atoms in total. The minimum Gasteiger partial charge on any atom is -0.383 e. The first-order valence-electron chi connectivity index (χ1n) is 6.81. The molecule has 1 saturated heterocycles. The molecule has 1 aliphatic rings. The lowest BCUT2D eigenvalue weighted by Crippen LogP contribution is -2.39. The van der Waals surface area contributed by atoms with E-state index in [1.54, 1.807) is 7.11 Å². The average Bonchev–Trinajstić information content (AvgIpc) is 2.96. The van der Waals surface area contributed by atoms with Crippen LogP contribution < -0.4 is 10.2 Å². The van der Waals surface area contributed by atoms with E-state index in [1.807, 2.05) is 24.3 Å². The third-order valence-electron chi connectivity index (χ3n) is 3.53. The molecular formula is C15H21N3O. The van der Waals surface area contributed by atoms with Crippen molar-refractivity contribution >= 4 is 5.69 Å². The van der Waals surface area contributed by atoms with Crippen LogP contribution >= 0.6 is 0 Å². The highest BCUT2D eigenvalue weighted by atomic mass is 16.5. The van der Waals surface area contributed by atoms with Crippen molar-refractivity contribution in [3.63, 3.8) is 0 Å². The van der Waals surface area contributed by atoms with Gasteiger partial charge in [0.15, 0.2) is 0 Å². The van der Waals surface area contributed by atoms with Crippen LogP contribution in [0.25, 0.3) is 0 Å². The van der Waals surface area contributed by atoms with Gasteiger partial charge in [-0.1, -0.05) is 12.1 Å². The van der Waals surface area contributed by atoms with Crippen LogP contribution in [0.15, 0.2) is 24.3 Å². The van der Waals surface area contributed by atoms with E-state index < -0.39 is 0 Å². The van der Waals surface area contributed by atoms with Crippen LogP contribution in [-0.2, 0) is 4.74 Å². The van der Waals surface area contributed by atoms with Gasteiger partial charge >= 0.3 is 0 Å². The van der Waals surface area contributed by atoms with E-state index >= 15 is 0 Å². The fraction of sp³-hybridized carbons (Fsp3) is 0.533. The normalized spacial score (nSPS) is 18.2. The Labute approximate surface area is 115 Å². The van der Waals surface area contributed by atoms with E-state index in [9.17, 15) is 5.26 Å². The second-order valence-corrected chi connectivity index (χ2v) is 4.86. The van der Waals surface area contributed by atoms with Crippen LogP contribution in [0.2, 0.25) is 0 Å². The molecule has 4 heteroatoms. The maximum Gasteiger partial charge on any atom is 0.101 e. The van der Waals surface area contributed by atoms with Crippen molar-refractivity contribution in [2.45, 2.75) is 18.9 Å². The molecule has 1 aliphatic heterocycles. The molecule has 19 heavy (non-hydrogen) atoms. The molecule has 1 fully saturated rings. The highest BCUT2D eigenvalue weighted by Crippen LogP contribution is 2.21. The van der Waals surface area contributed by atoms with E-state index in [1.165, 1.54) is 12.8 Å². The maximum atomic E-state index is 9.23. The summed E-state index contributed by atoms with van der Waals surface area (Å²) < 4.78 is 5.19. The highest BCUT2D eigenvalue weighted by molar-refractivity contribution is 5.59. The van der Waals surface area contributed by atoms with Gasteiger partial charge in [-0.05, 0) is 31.5 Å². The third-order valence-corrected chi connectivity index (χ3v) is 3.53. The summed E-state index contributed by atoms with van der Waals surface area (Å²) in [6, 6.07) is 10.6. The number of hydrogen-bond donors (Lipinski definition) is 1. The van der Waals surface area contributed by atoms with Crippen molar-refractivity contribution in [2.75, 3.05) is 38.3 Å². The van der Waals surface area contributed by atoms with Crippen molar-refractivity contribution in [1.29, 1.82) is 5.26 Å². The number of nitriles is 1. The summed E-state index contributed by atoms with van der Waals surface area (Å²) in [5.41, 5.74) is 1.74. The molecule has 0 bridgehead atoms. The second kappa shape index (κ2) is 7.13. The number of anilines is 1. The summed E-state index contributed by atoms with van der Waals surface area (Å²) in [7, 11) is 1.71. The number of hydrogen-bond acceptors (Lipinski definition) is 4. The van der Waals surface area contributed by atoms with Crippen molar-refractivity contribution in [1.82, 2.24) is 5.32 Å². The van der Waals surface area contributed by atoms with Crippen LogP contribution in [0, 0.1) is 11.3 Å². The zero-order valence-electron chi connectivity index (χ0n) is 11.4. The van der Waals surface area contributed by atoms with Gasteiger partial charge in [0, 0.05) is 26.2 Å². The molecule has 102 valence electrons. The fourth-order valence-corrected chi connectivity index (χ4v) is 2.53. The Morgan fingerprint density at radius 3 is 3.00 bits per heavy atom. The summed E-state index contributed by atoms with van der Waals surface area (Å²) in [5, 5.41) is 12.7. The second-order valence-electron chi connectivity index (χ2n) is 4.86. The summed E-state index contributed by atoms with van der Waals surface area (Å²) in [6.07, 6.45) is 2.45. The molecule has 0 amide bonds. The van der Waals surface area contributed by atoms with Crippen molar-refractivity contribution in [2.24, 2.45) is 0 Å². The SMILES string of the molecule is COCCN(CC1CCCN1)c1ccccc1C#N. The fourth-order valence-electron chi connectivity index (χ4n) is 2.53. The summed E-state index contributed by atoms with van der Waals surface area (Å²) in [5.74, 6) is 0. The monoisotopic (exact) mass is 259 g/mol. The van der Waals surface area contributed by atoms with Gasteiger partial charge in [-0.25, -0.2) is 0 Å². The van der Waals surface area contributed by atoms with Gasteiger partial charge in [0.2, 0.25) is 0 Å². The molecule has 1 atom stereocenters. The zero-order valence-corrected chi connectivity index (χ0v) is 11.4. The molecule has 0 spiro atoms. The smallest absolute Gasteiger partial charge is 0.101 e. The standard InChI is InChI=1S/C15H21N3O/c1-19-10-9-18(12-14-6-4-8-17-14)15-7-3-2-5-13(15)11-16/h2-3,5,7,14,17H,4,6,8-10,12H2,1H3. The lowest BCUT2D eigenvalue weighted by molar-refractivity contribution is 0.204. The number of nitrogens with zero attached hydrogens (tertiary/aromatic N) is 2. The van der Waals surface area contributed by atoms with Crippen molar-refractivity contribution in [3.05, 3.63) is 29.8 Å². The number of rotatable bonds is 6. The molecule has 2 rings (SSSR count). The topological polar surface area (TPSA) is 48.3 Å². The van der Waals surface area contributed by atoms with Crippen molar-refractivity contribution < 1.29 is 4.74 Å². The summed E-state index contributed by atoms with van der Waals surface area (Å²) >= 11 is 0. The summed E-state index contributed by atoms with van der Waals surface area (Å²) in [4.78, 5) is 2.26. The molecule has 1 aromatic rings. The molecule has 0 aliphatic carbocycles. The average molecular weight is 259 g/mol. The van der Waals surface area contributed by atoms with Gasteiger partial charge in [-0.15, -0.1) is 0 Å². The maximum absolute atomic E-state index is 9.23. The first-order valence-corrected chi connectivity index (χ1v) is 6.81. The third kappa shape index (κ3) is 3.69. The largest absolute Gasteiger partial charge is 0.383 e. The number of para-hydroxylation sites is 1. The predicted octanol–water partition coefficient (Wildman–Crippen LogP) is 1.76. The van der Waals surface area contributed by atoms with Gasteiger partial charge in [0.05, 0.1) is 17.9 Å². The predicted molar refractivity (Wildman–Crippen MR) is 76.3 cm³/mol. The minimum atomic E-state index is 0.517. The van der Waals surface area contributed by atoms with Crippen LogP contribution in [0.4, 0.5) is 5.69 Å². The molecule has 0 saturated carbocycles. The Kier molecular flexibility index (Phi) is 5.20. The summed E-state index contributed by atoms with van der Waals surface area (Å²) in [6.45, 7) is 3.52.